The van der Waals surface area contributed by atoms with Gasteiger partial charge in [-0.3, -0.25) is 0 Å². The van der Waals surface area contributed by atoms with Crippen LogP contribution >= 0.6 is 11.8 Å². The average molecular weight is 265 g/mol. The Morgan fingerprint density at radius 1 is 1.28 bits per heavy atom. The fourth-order valence-corrected chi connectivity index (χ4v) is 3.29. The minimum Gasteiger partial charge on any atom is -0.381 e. The van der Waals surface area contributed by atoms with Crippen LogP contribution in [0.1, 0.15) is 32.3 Å². The lowest BCUT2D eigenvalue weighted by molar-refractivity contribution is 0.1000. The molecular weight excluding hydrogens is 242 g/mol. The van der Waals surface area contributed by atoms with Gasteiger partial charge in [0.1, 0.15) is 0 Å². The fraction of sp³-hybridized carbons (Fsp3) is 0.600. The van der Waals surface area contributed by atoms with Crippen molar-refractivity contribution in [2.75, 3.05) is 13.2 Å². The molecule has 0 aromatic heterocycles. The summed E-state index contributed by atoms with van der Waals surface area (Å²) in [5.74, 6) is 0. The molecular formula is C15H23NOS. The highest BCUT2D eigenvalue weighted by Gasteiger charge is 2.16. The van der Waals surface area contributed by atoms with E-state index < -0.39 is 0 Å². The second-order valence-electron chi connectivity index (χ2n) is 5.07. The van der Waals surface area contributed by atoms with Crippen LogP contribution in [0, 0.1) is 0 Å². The van der Waals surface area contributed by atoms with Gasteiger partial charge in [-0.1, -0.05) is 32.0 Å². The van der Waals surface area contributed by atoms with Crippen molar-refractivity contribution in [3.05, 3.63) is 29.8 Å². The lowest BCUT2D eigenvalue weighted by Crippen LogP contribution is -2.22. The molecule has 0 saturated carbocycles. The summed E-state index contributed by atoms with van der Waals surface area (Å²) in [6, 6.07) is 9.28. The fourth-order valence-electron chi connectivity index (χ4n) is 2.05. The van der Waals surface area contributed by atoms with Crippen LogP contribution in [0.2, 0.25) is 0 Å². The molecule has 2 rings (SSSR count). The van der Waals surface area contributed by atoms with Crippen LogP contribution < -0.4 is 5.32 Å². The molecule has 1 aliphatic heterocycles. The number of thioether (sulfide) groups is 1. The Morgan fingerprint density at radius 3 is 2.72 bits per heavy atom. The number of benzene rings is 1. The maximum absolute atomic E-state index is 5.42. The van der Waals surface area contributed by atoms with Crippen molar-refractivity contribution in [2.45, 2.75) is 49.4 Å². The zero-order chi connectivity index (χ0) is 12.8. The molecule has 3 heteroatoms. The van der Waals surface area contributed by atoms with E-state index in [2.05, 4.69) is 43.4 Å². The van der Waals surface area contributed by atoms with E-state index in [1.54, 1.807) is 0 Å². The lowest BCUT2D eigenvalue weighted by Gasteiger charge is -2.22. The van der Waals surface area contributed by atoms with Crippen molar-refractivity contribution >= 4 is 11.8 Å². The molecule has 18 heavy (non-hydrogen) atoms. The average Bonchev–Trinajstić information content (AvgIpc) is 2.39. The van der Waals surface area contributed by atoms with Crippen LogP contribution in [0.15, 0.2) is 29.2 Å². The van der Waals surface area contributed by atoms with Gasteiger partial charge < -0.3 is 10.1 Å². The number of hydrogen-bond acceptors (Lipinski definition) is 3. The van der Waals surface area contributed by atoms with Gasteiger partial charge in [0, 0.05) is 35.9 Å². The molecule has 1 saturated heterocycles. The third-order valence-corrected chi connectivity index (χ3v) is 4.59. The first-order chi connectivity index (χ1) is 8.75. The zero-order valence-electron chi connectivity index (χ0n) is 11.3. The summed E-state index contributed by atoms with van der Waals surface area (Å²) in [5.41, 5.74) is 1.42. The van der Waals surface area contributed by atoms with E-state index in [1.165, 1.54) is 23.3 Å². The van der Waals surface area contributed by atoms with Gasteiger partial charge in [-0.2, -0.15) is 0 Å². The molecule has 1 aromatic rings. The molecule has 0 atom stereocenters. The summed E-state index contributed by atoms with van der Waals surface area (Å²) in [6.07, 6.45) is 2.35. The first-order valence-corrected chi connectivity index (χ1v) is 7.69. The van der Waals surface area contributed by atoms with E-state index in [1.807, 2.05) is 11.8 Å². The van der Waals surface area contributed by atoms with Crippen molar-refractivity contribution < 1.29 is 4.74 Å². The molecule has 0 radical (unpaired) electrons. The van der Waals surface area contributed by atoms with Crippen LogP contribution in [-0.4, -0.2) is 24.5 Å². The first kappa shape index (κ1) is 13.9. The van der Waals surface area contributed by atoms with E-state index in [9.17, 15) is 0 Å². The number of rotatable bonds is 5. The standard InChI is InChI=1S/C15H23NOS/c1-12(2)16-11-13-5-3-4-6-15(13)18-14-7-9-17-10-8-14/h3-6,12,14,16H,7-11H2,1-2H3. The molecule has 100 valence electrons. The van der Waals surface area contributed by atoms with Gasteiger partial charge in [-0.05, 0) is 24.5 Å². The van der Waals surface area contributed by atoms with Crippen LogP contribution in [0.25, 0.3) is 0 Å². The monoisotopic (exact) mass is 265 g/mol. The van der Waals surface area contributed by atoms with Crippen LogP contribution in [0.3, 0.4) is 0 Å². The molecule has 1 aliphatic rings. The summed E-state index contributed by atoms with van der Waals surface area (Å²) in [5, 5.41) is 4.22. The Balaban J connectivity index is 1.97. The minimum absolute atomic E-state index is 0.533. The predicted octanol–water partition coefficient (Wildman–Crippen LogP) is 3.46. The van der Waals surface area contributed by atoms with Gasteiger partial charge in [0.25, 0.3) is 0 Å². The number of ether oxygens (including phenoxy) is 1. The molecule has 1 heterocycles. The first-order valence-electron chi connectivity index (χ1n) is 6.81. The summed E-state index contributed by atoms with van der Waals surface area (Å²) < 4.78 is 5.42. The maximum atomic E-state index is 5.42. The third-order valence-electron chi connectivity index (χ3n) is 3.14. The van der Waals surface area contributed by atoms with E-state index >= 15 is 0 Å². The van der Waals surface area contributed by atoms with Crippen LogP contribution in [-0.2, 0) is 11.3 Å². The van der Waals surface area contributed by atoms with Crippen molar-refractivity contribution in [3.8, 4) is 0 Å². The summed E-state index contributed by atoms with van der Waals surface area (Å²) in [7, 11) is 0. The van der Waals surface area contributed by atoms with Gasteiger partial charge in [0.2, 0.25) is 0 Å². The SMILES string of the molecule is CC(C)NCc1ccccc1SC1CCOCC1. The van der Waals surface area contributed by atoms with Gasteiger partial charge in [-0.15, -0.1) is 11.8 Å². The smallest absolute Gasteiger partial charge is 0.0476 e. The Morgan fingerprint density at radius 2 is 2.00 bits per heavy atom. The summed E-state index contributed by atoms with van der Waals surface area (Å²) in [4.78, 5) is 1.43. The maximum Gasteiger partial charge on any atom is 0.0476 e. The molecule has 0 spiro atoms. The van der Waals surface area contributed by atoms with Gasteiger partial charge in [0.15, 0.2) is 0 Å². The quantitative estimate of drug-likeness (QED) is 0.881. The second kappa shape index (κ2) is 7.17. The molecule has 0 unspecified atom stereocenters. The Hall–Kier alpha value is -0.510. The third kappa shape index (κ3) is 4.30. The van der Waals surface area contributed by atoms with E-state index in [0.717, 1.165) is 25.0 Å². The van der Waals surface area contributed by atoms with E-state index in [0.29, 0.717) is 6.04 Å². The molecule has 2 nitrogen and oxygen atoms in total. The molecule has 0 bridgehead atoms. The Bertz CT molecular complexity index is 361. The number of hydrogen-bond donors (Lipinski definition) is 1. The van der Waals surface area contributed by atoms with Crippen molar-refractivity contribution in [3.63, 3.8) is 0 Å². The molecule has 0 amide bonds. The van der Waals surface area contributed by atoms with Gasteiger partial charge in [-0.25, -0.2) is 0 Å². The predicted molar refractivity (Wildman–Crippen MR) is 78.1 cm³/mol. The van der Waals surface area contributed by atoms with E-state index in [-0.39, 0.29) is 0 Å². The van der Waals surface area contributed by atoms with Gasteiger partial charge >= 0.3 is 0 Å². The molecule has 0 aliphatic carbocycles. The Kier molecular flexibility index (Phi) is 5.54. The molecule has 1 aromatic carbocycles. The Labute approximate surface area is 114 Å². The molecule has 1 fully saturated rings. The normalized spacial score (nSPS) is 17.3. The summed E-state index contributed by atoms with van der Waals surface area (Å²) >= 11 is 2.02. The largest absolute Gasteiger partial charge is 0.381 e. The zero-order valence-corrected chi connectivity index (χ0v) is 12.1. The van der Waals surface area contributed by atoms with Crippen LogP contribution in [0.5, 0.6) is 0 Å². The highest BCUT2D eigenvalue weighted by Crippen LogP contribution is 2.31. The minimum atomic E-state index is 0.533. The van der Waals surface area contributed by atoms with Crippen molar-refractivity contribution in [1.29, 1.82) is 0 Å². The van der Waals surface area contributed by atoms with Crippen LogP contribution in [0.4, 0.5) is 0 Å². The van der Waals surface area contributed by atoms with Gasteiger partial charge in [0.05, 0.1) is 0 Å². The highest BCUT2D eigenvalue weighted by atomic mass is 32.2. The second-order valence-corrected chi connectivity index (χ2v) is 6.42. The molecule has 1 N–H and O–H groups in total. The number of nitrogens with one attached hydrogen (secondary N) is 1. The van der Waals surface area contributed by atoms with Crippen molar-refractivity contribution in [2.24, 2.45) is 0 Å². The lowest BCUT2D eigenvalue weighted by atomic mass is 10.2. The van der Waals surface area contributed by atoms with E-state index in [4.69, 9.17) is 4.74 Å². The topological polar surface area (TPSA) is 21.3 Å². The van der Waals surface area contributed by atoms with Crippen molar-refractivity contribution in [1.82, 2.24) is 5.32 Å². The summed E-state index contributed by atoms with van der Waals surface area (Å²) in [6.45, 7) is 7.18. The highest BCUT2D eigenvalue weighted by molar-refractivity contribution is 8.00.